The van der Waals surface area contributed by atoms with Crippen LogP contribution in [-0.2, 0) is 4.79 Å². The summed E-state index contributed by atoms with van der Waals surface area (Å²) in [5.74, 6) is -1.38. The van der Waals surface area contributed by atoms with Crippen molar-refractivity contribution in [2.45, 2.75) is 19.4 Å². The molecule has 1 aliphatic heterocycles. The number of amides is 2. The first kappa shape index (κ1) is 17.2. The fourth-order valence-corrected chi connectivity index (χ4v) is 2.08. The third-order valence-corrected chi connectivity index (χ3v) is 3.17. The number of carbonyl (C=O) groups is 2. The van der Waals surface area contributed by atoms with Crippen LogP contribution >= 0.6 is 0 Å². The molecule has 0 fully saturated rings. The molecule has 0 aromatic rings. The molecule has 0 saturated carbocycles. The summed E-state index contributed by atoms with van der Waals surface area (Å²) in [4.78, 5) is 29.1. The van der Waals surface area contributed by atoms with Crippen LogP contribution in [0, 0.1) is 5.92 Å². The highest BCUT2D eigenvalue weighted by Crippen LogP contribution is 2.21. The molecule has 22 heavy (non-hydrogen) atoms. The van der Waals surface area contributed by atoms with Crippen LogP contribution < -0.4 is 5.32 Å². The average molecular weight is 308 g/mol. The molecule has 1 atom stereocenters. The zero-order valence-electron chi connectivity index (χ0n) is 12.0. The standard InChI is InChI=1S/C11H16N8O3/c1-7-9(8(4-14-17-12)5-15-18-13)6-19(11(22)16-7)3-2-10(20)21/h6-8H,2-5H2,1H3,(H,16,22)(H,20,21)/t7-/m1/s1. The molecule has 0 radical (unpaired) electrons. The summed E-state index contributed by atoms with van der Waals surface area (Å²) in [7, 11) is 0. The Hall–Kier alpha value is -2.90. The van der Waals surface area contributed by atoms with E-state index in [4.69, 9.17) is 16.2 Å². The normalized spacial score (nSPS) is 18.4. The highest BCUT2D eigenvalue weighted by Gasteiger charge is 2.28. The van der Waals surface area contributed by atoms with Gasteiger partial charge in [-0.05, 0) is 29.5 Å². The van der Waals surface area contributed by atoms with E-state index in [1.54, 1.807) is 6.92 Å². The molecule has 0 spiro atoms. The molecule has 0 aromatic heterocycles. The Morgan fingerprint density at radius 2 is 2.05 bits per heavy atom. The molecule has 1 rings (SSSR count). The van der Waals surface area contributed by atoms with Crippen molar-refractivity contribution < 1.29 is 14.7 Å². The van der Waals surface area contributed by atoms with Crippen molar-refractivity contribution in [3.63, 3.8) is 0 Å². The van der Waals surface area contributed by atoms with Crippen molar-refractivity contribution >= 4 is 12.0 Å². The van der Waals surface area contributed by atoms with Crippen molar-refractivity contribution in [1.29, 1.82) is 0 Å². The van der Waals surface area contributed by atoms with Crippen molar-refractivity contribution in [1.82, 2.24) is 10.2 Å². The summed E-state index contributed by atoms with van der Waals surface area (Å²) < 4.78 is 0. The highest BCUT2D eigenvalue weighted by atomic mass is 16.4. The van der Waals surface area contributed by atoms with Crippen molar-refractivity contribution in [2.24, 2.45) is 16.1 Å². The first-order chi connectivity index (χ1) is 10.5. The minimum absolute atomic E-state index is 0.0210. The van der Waals surface area contributed by atoms with Crippen molar-refractivity contribution in [2.75, 3.05) is 19.6 Å². The van der Waals surface area contributed by atoms with Gasteiger partial charge in [0.05, 0.1) is 12.5 Å². The van der Waals surface area contributed by atoms with Gasteiger partial charge in [-0.3, -0.25) is 4.79 Å². The minimum atomic E-state index is -1.01. The first-order valence-electron chi connectivity index (χ1n) is 6.51. The van der Waals surface area contributed by atoms with Gasteiger partial charge in [0.15, 0.2) is 0 Å². The SMILES string of the molecule is C[C@H]1NC(=O)N(CCC(=O)O)C=C1C(CN=[N+]=[N-])CN=[N+]=[N-]. The molecule has 1 aliphatic rings. The monoisotopic (exact) mass is 308 g/mol. The van der Waals surface area contributed by atoms with Gasteiger partial charge in [0.2, 0.25) is 0 Å². The number of nitrogens with zero attached hydrogens (tertiary/aromatic N) is 7. The molecule has 0 aromatic carbocycles. The lowest BCUT2D eigenvalue weighted by molar-refractivity contribution is -0.137. The number of carbonyl (C=O) groups excluding carboxylic acids is 1. The number of hydrogen-bond acceptors (Lipinski definition) is 4. The maximum atomic E-state index is 11.8. The Bertz CT molecular complexity index is 542. The van der Waals surface area contributed by atoms with Crippen LogP contribution in [0.4, 0.5) is 4.79 Å². The summed E-state index contributed by atoms with van der Waals surface area (Å²) in [5.41, 5.74) is 17.6. The number of aliphatic carboxylic acids is 1. The van der Waals surface area contributed by atoms with Gasteiger partial charge in [0.1, 0.15) is 0 Å². The lowest BCUT2D eigenvalue weighted by Gasteiger charge is -2.33. The molecule has 0 saturated heterocycles. The second-order valence-electron chi connectivity index (χ2n) is 4.66. The summed E-state index contributed by atoms with van der Waals surface area (Å²) >= 11 is 0. The summed E-state index contributed by atoms with van der Waals surface area (Å²) in [5, 5.41) is 18.4. The molecule has 0 unspecified atom stereocenters. The topological polar surface area (TPSA) is 167 Å². The summed E-state index contributed by atoms with van der Waals surface area (Å²) in [6.07, 6.45) is 1.35. The molecular formula is C11H16N8O3. The second kappa shape index (κ2) is 8.40. The van der Waals surface area contributed by atoms with E-state index in [1.807, 2.05) is 0 Å². The number of hydrogen-bond donors (Lipinski definition) is 2. The van der Waals surface area contributed by atoms with E-state index in [0.717, 1.165) is 0 Å². The van der Waals surface area contributed by atoms with Crippen molar-refractivity contribution in [3.8, 4) is 0 Å². The molecular weight excluding hydrogens is 292 g/mol. The molecule has 0 bridgehead atoms. The van der Waals surface area contributed by atoms with Gasteiger partial charge in [0.25, 0.3) is 0 Å². The van der Waals surface area contributed by atoms with E-state index >= 15 is 0 Å². The zero-order valence-corrected chi connectivity index (χ0v) is 12.0. The van der Waals surface area contributed by atoms with Crippen LogP contribution in [0.2, 0.25) is 0 Å². The quantitative estimate of drug-likeness (QED) is 0.398. The highest BCUT2D eigenvalue weighted by molar-refractivity contribution is 5.78. The van der Waals surface area contributed by atoms with E-state index in [0.29, 0.717) is 5.57 Å². The second-order valence-corrected chi connectivity index (χ2v) is 4.66. The number of nitrogens with one attached hydrogen (secondary N) is 1. The third-order valence-electron chi connectivity index (χ3n) is 3.17. The Morgan fingerprint density at radius 3 is 2.55 bits per heavy atom. The van der Waals surface area contributed by atoms with Crippen LogP contribution in [0.3, 0.4) is 0 Å². The summed E-state index contributed by atoms with van der Waals surface area (Å²) in [6, 6.07) is -0.731. The Labute approximate surface area is 125 Å². The smallest absolute Gasteiger partial charge is 0.321 e. The van der Waals surface area contributed by atoms with E-state index in [-0.39, 0.29) is 38.0 Å². The molecule has 11 nitrogen and oxygen atoms in total. The molecule has 2 N–H and O–H groups in total. The number of azide groups is 2. The fourth-order valence-electron chi connectivity index (χ4n) is 2.08. The van der Waals surface area contributed by atoms with Gasteiger partial charge in [-0.2, -0.15) is 0 Å². The van der Waals surface area contributed by atoms with Gasteiger partial charge in [-0.1, -0.05) is 10.2 Å². The van der Waals surface area contributed by atoms with E-state index in [1.165, 1.54) is 11.1 Å². The lowest BCUT2D eigenvalue weighted by atomic mass is 9.93. The van der Waals surface area contributed by atoms with Crippen LogP contribution in [0.5, 0.6) is 0 Å². The summed E-state index contributed by atoms with van der Waals surface area (Å²) in [6.45, 7) is 1.92. The number of urea groups is 1. The van der Waals surface area contributed by atoms with E-state index in [9.17, 15) is 9.59 Å². The number of rotatable bonds is 8. The molecule has 2 amide bonds. The third kappa shape index (κ3) is 4.89. The Kier molecular flexibility index (Phi) is 6.55. The van der Waals surface area contributed by atoms with E-state index in [2.05, 4.69) is 25.4 Å². The van der Waals surface area contributed by atoms with Gasteiger partial charge in [-0.15, -0.1) is 0 Å². The average Bonchev–Trinajstić information content (AvgIpc) is 2.47. The largest absolute Gasteiger partial charge is 0.481 e. The Balaban J connectivity index is 2.99. The molecule has 118 valence electrons. The first-order valence-corrected chi connectivity index (χ1v) is 6.51. The lowest BCUT2D eigenvalue weighted by Crippen LogP contribution is -2.49. The van der Waals surface area contributed by atoms with Gasteiger partial charge in [-0.25, -0.2) is 4.79 Å². The predicted octanol–water partition coefficient (Wildman–Crippen LogP) is 2.00. The maximum absolute atomic E-state index is 11.8. The molecule has 11 heteroatoms. The predicted molar refractivity (Wildman–Crippen MR) is 76.6 cm³/mol. The molecule has 1 heterocycles. The van der Waals surface area contributed by atoms with Crippen LogP contribution in [0.25, 0.3) is 20.9 Å². The minimum Gasteiger partial charge on any atom is -0.481 e. The fraction of sp³-hybridized carbons (Fsp3) is 0.636. The maximum Gasteiger partial charge on any atom is 0.321 e. The van der Waals surface area contributed by atoms with Gasteiger partial charge in [0, 0.05) is 35.7 Å². The van der Waals surface area contributed by atoms with Gasteiger partial charge < -0.3 is 15.3 Å². The number of carboxylic acid groups (broad SMARTS) is 1. The van der Waals surface area contributed by atoms with Crippen LogP contribution in [-0.4, -0.2) is 47.7 Å². The Morgan fingerprint density at radius 1 is 1.45 bits per heavy atom. The van der Waals surface area contributed by atoms with E-state index < -0.39 is 12.0 Å². The number of carboxylic acids is 1. The molecule has 0 aliphatic carbocycles. The van der Waals surface area contributed by atoms with Crippen LogP contribution in [0.15, 0.2) is 22.0 Å². The van der Waals surface area contributed by atoms with Gasteiger partial charge >= 0.3 is 12.0 Å². The van der Waals surface area contributed by atoms with Crippen LogP contribution in [0.1, 0.15) is 13.3 Å². The zero-order chi connectivity index (χ0) is 16.5. The van der Waals surface area contributed by atoms with Crippen molar-refractivity contribution in [3.05, 3.63) is 32.7 Å².